The van der Waals surface area contributed by atoms with E-state index in [-0.39, 0.29) is 17.2 Å². The van der Waals surface area contributed by atoms with Crippen LogP contribution in [0.1, 0.15) is 10.5 Å². The van der Waals surface area contributed by atoms with Crippen molar-refractivity contribution in [2.24, 2.45) is 7.05 Å². The maximum Gasteiger partial charge on any atom is 0.275 e. The van der Waals surface area contributed by atoms with Gasteiger partial charge >= 0.3 is 0 Å². The minimum absolute atomic E-state index is 0.175. The molecule has 0 atom stereocenters. The van der Waals surface area contributed by atoms with Crippen LogP contribution >= 0.6 is 0 Å². The monoisotopic (exact) mass is 379 g/mol. The van der Waals surface area contributed by atoms with E-state index in [1.165, 1.54) is 10.9 Å². The molecule has 0 spiro atoms. The summed E-state index contributed by atoms with van der Waals surface area (Å²) >= 11 is 0. The van der Waals surface area contributed by atoms with Gasteiger partial charge < -0.3 is 14.5 Å². The molecule has 1 amide bonds. The predicted octanol–water partition coefficient (Wildman–Crippen LogP) is 1.30. The summed E-state index contributed by atoms with van der Waals surface area (Å²) in [6.45, 7) is 2.51. The molecule has 0 bridgehead atoms. The lowest BCUT2D eigenvalue weighted by Gasteiger charge is -2.36. The van der Waals surface area contributed by atoms with Crippen molar-refractivity contribution in [3.8, 4) is 5.75 Å². The van der Waals surface area contributed by atoms with Crippen LogP contribution in [-0.2, 0) is 7.05 Å². The van der Waals surface area contributed by atoms with Gasteiger partial charge in [0.25, 0.3) is 11.5 Å². The Hall–Kier alpha value is -3.42. The Bertz CT molecular complexity index is 1090. The normalized spacial score (nSPS) is 14.4. The van der Waals surface area contributed by atoms with Gasteiger partial charge in [0.1, 0.15) is 5.75 Å². The van der Waals surface area contributed by atoms with E-state index >= 15 is 0 Å². The number of piperazine rings is 1. The predicted molar refractivity (Wildman–Crippen MR) is 106 cm³/mol. The third-order valence-electron chi connectivity index (χ3n) is 5.05. The fraction of sp³-hybridized carbons (Fsp3) is 0.300. The van der Waals surface area contributed by atoms with Crippen molar-refractivity contribution in [3.05, 3.63) is 58.8 Å². The van der Waals surface area contributed by atoms with E-state index in [1.54, 1.807) is 31.3 Å². The van der Waals surface area contributed by atoms with E-state index in [1.807, 2.05) is 24.3 Å². The van der Waals surface area contributed by atoms with Gasteiger partial charge in [0.05, 0.1) is 18.2 Å². The molecular formula is C20H21N5O3. The number of carbonyl (C=O) groups is 1. The summed E-state index contributed by atoms with van der Waals surface area (Å²) in [7, 11) is 3.20. The average molecular weight is 379 g/mol. The van der Waals surface area contributed by atoms with Crippen molar-refractivity contribution in [1.29, 1.82) is 0 Å². The molecule has 0 N–H and O–H groups in total. The molecule has 3 heterocycles. The Morgan fingerprint density at radius 3 is 2.57 bits per heavy atom. The molecule has 1 aliphatic heterocycles. The molecule has 1 fully saturated rings. The summed E-state index contributed by atoms with van der Waals surface area (Å²) in [6.07, 6.45) is 3.05. The minimum atomic E-state index is -0.263. The number of hydrogen-bond acceptors (Lipinski definition) is 6. The van der Waals surface area contributed by atoms with Gasteiger partial charge in [-0.3, -0.25) is 14.6 Å². The van der Waals surface area contributed by atoms with Crippen LogP contribution in [0.25, 0.3) is 10.8 Å². The average Bonchev–Trinajstić information content (AvgIpc) is 2.76. The lowest BCUT2D eigenvalue weighted by Crippen LogP contribution is -2.49. The molecule has 144 valence electrons. The number of carbonyl (C=O) groups excluding carboxylic acids is 1. The molecule has 2 aromatic heterocycles. The van der Waals surface area contributed by atoms with Crippen LogP contribution in [0.15, 0.2) is 47.5 Å². The highest BCUT2D eigenvalue weighted by atomic mass is 16.5. The Morgan fingerprint density at radius 2 is 1.82 bits per heavy atom. The summed E-state index contributed by atoms with van der Waals surface area (Å²) in [5, 5.41) is 5.17. The largest absolute Gasteiger partial charge is 0.495 e. The number of methoxy groups -OCH3 is 1. The fourth-order valence-electron chi connectivity index (χ4n) is 3.54. The molecule has 0 saturated carbocycles. The number of amides is 1. The first-order valence-corrected chi connectivity index (χ1v) is 9.08. The Balaban J connectivity index is 1.58. The molecule has 8 nitrogen and oxygen atoms in total. The number of aromatic nitrogens is 3. The Labute approximate surface area is 162 Å². The van der Waals surface area contributed by atoms with Crippen molar-refractivity contribution in [2.45, 2.75) is 0 Å². The number of anilines is 1. The van der Waals surface area contributed by atoms with Gasteiger partial charge in [-0.1, -0.05) is 12.1 Å². The second-order valence-corrected chi connectivity index (χ2v) is 6.65. The fourth-order valence-corrected chi connectivity index (χ4v) is 3.54. The highest BCUT2D eigenvalue weighted by molar-refractivity contribution is 6.04. The highest BCUT2D eigenvalue weighted by Crippen LogP contribution is 2.28. The number of fused-ring (bicyclic) bond motifs is 1. The first-order valence-electron chi connectivity index (χ1n) is 9.08. The van der Waals surface area contributed by atoms with E-state index < -0.39 is 0 Å². The van der Waals surface area contributed by atoms with Crippen molar-refractivity contribution in [1.82, 2.24) is 19.7 Å². The van der Waals surface area contributed by atoms with Gasteiger partial charge in [0, 0.05) is 51.0 Å². The SMILES string of the molecule is COc1ccccc1N1CCN(C(=O)c2nn(C)c(=O)c3cnccc23)CC1. The van der Waals surface area contributed by atoms with Gasteiger partial charge in [0.2, 0.25) is 0 Å². The van der Waals surface area contributed by atoms with E-state index in [9.17, 15) is 9.59 Å². The molecule has 0 radical (unpaired) electrons. The summed E-state index contributed by atoms with van der Waals surface area (Å²) in [5.41, 5.74) is 1.04. The molecule has 1 aromatic carbocycles. The number of benzene rings is 1. The van der Waals surface area contributed by atoms with E-state index in [0.29, 0.717) is 37.0 Å². The number of rotatable bonds is 3. The molecule has 0 aliphatic carbocycles. The number of pyridine rings is 1. The molecule has 1 saturated heterocycles. The van der Waals surface area contributed by atoms with Crippen molar-refractivity contribution in [2.75, 3.05) is 38.2 Å². The van der Waals surface area contributed by atoms with Gasteiger partial charge in [-0.15, -0.1) is 0 Å². The number of para-hydroxylation sites is 2. The second kappa shape index (κ2) is 7.30. The maximum absolute atomic E-state index is 13.1. The standard InChI is InChI=1S/C20H21N5O3/c1-23-19(26)15-13-21-8-7-14(15)18(22-23)20(27)25-11-9-24(10-12-25)16-5-3-4-6-17(16)28-2/h3-8,13H,9-12H2,1-2H3. The van der Waals surface area contributed by atoms with Gasteiger partial charge in [-0.05, 0) is 18.2 Å². The molecular weight excluding hydrogens is 358 g/mol. The van der Waals surface area contributed by atoms with E-state index in [4.69, 9.17) is 4.74 Å². The van der Waals surface area contributed by atoms with Crippen molar-refractivity contribution < 1.29 is 9.53 Å². The van der Waals surface area contributed by atoms with Crippen LogP contribution in [0.5, 0.6) is 5.75 Å². The van der Waals surface area contributed by atoms with Crippen molar-refractivity contribution >= 4 is 22.4 Å². The minimum Gasteiger partial charge on any atom is -0.495 e. The second-order valence-electron chi connectivity index (χ2n) is 6.65. The molecule has 8 heteroatoms. The maximum atomic E-state index is 13.1. The number of ether oxygens (including phenoxy) is 1. The quantitative estimate of drug-likeness (QED) is 0.682. The topological polar surface area (TPSA) is 80.6 Å². The third-order valence-corrected chi connectivity index (χ3v) is 5.05. The van der Waals surface area contributed by atoms with Crippen LogP contribution in [0.4, 0.5) is 5.69 Å². The highest BCUT2D eigenvalue weighted by Gasteiger charge is 2.26. The number of aryl methyl sites for hydroxylation is 1. The molecule has 1 aliphatic rings. The van der Waals surface area contributed by atoms with Crippen LogP contribution in [-0.4, -0.2) is 58.9 Å². The zero-order valence-electron chi connectivity index (χ0n) is 15.8. The summed E-state index contributed by atoms with van der Waals surface area (Å²) in [5.74, 6) is 0.645. The zero-order valence-corrected chi connectivity index (χ0v) is 15.8. The zero-order chi connectivity index (χ0) is 19.7. The van der Waals surface area contributed by atoms with Crippen LogP contribution in [0.3, 0.4) is 0 Å². The van der Waals surface area contributed by atoms with Crippen molar-refractivity contribution in [3.63, 3.8) is 0 Å². The smallest absolute Gasteiger partial charge is 0.275 e. The van der Waals surface area contributed by atoms with E-state index in [2.05, 4.69) is 15.0 Å². The van der Waals surface area contributed by atoms with Crippen LogP contribution < -0.4 is 15.2 Å². The van der Waals surface area contributed by atoms with E-state index in [0.717, 1.165) is 11.4 Å². The first-order chi connectivity index (χ1) is 13.6. The van der Waals surface area contributed by atoms with Gasteiger partial charge in [0.15, 0.2) is 5.69 Å². The first kappa shape index (κ1) is 18.0. The van der Waals surface area contributed by atoms with Gasteiger partial charge in [-0.2, -0.15) is 5.10 Å². The molecule has 0 unspecified atom stereocenters. The lowest BCUT2D eigenvalue weighted by molar-refractivity contribution is 0.0740. The molecule has 4 rings (SSSR count). The molecule has 3 aromatic rings. The number of nitrogens with zero attached hydrogens (tertiary/aromatic N) is 5. The Kier molecular flexibility index (Phi) is 4.68. The molecule has 28 heavy (non-hydrogen) atoms. The van der Waals surface area contributed by atoms with Crippen LogP contribution in [0.2, 0.25) is 0 Å². The summed E-state index contributed by atoms with van der Waals surface area (Å²) in [6, 6.07) is 9.53. The Morgan fingerprint density at radius 1 is 1.07 bits per heavy atom. The van der Waals surface area contributed by atoms with Crippen LogP contribution in [0, 0.1) is 0 Å². The summed E-state index contributed by atoms with van der Waals surface area (Å²) < 4.78 is 6.64. The third kappa shape index (κ3) is 3.06. The number of hydrogen-bond donors (Lipinski definition) is 0. The van der Waals surface area contributed by atoms with Gasteiger partial charge in [-0.25, -0.2) is 4.68 Å². The summed E-state index contributed by atoms with van der Waals surface area (Å²) in [4.78, 5) is 33.4. The lowest BCUT2D eigenvalue weighted by atomic mass is 10.1.